The van der Waals surface area contributed by atoms with Crippen molar-refractivity contribution in [3.63, 3.8) is 0 Å². The molecule has 1 unspecified atom stereocenters. The van der Waals surface area contributed by atoms with Gasteiger partial charge in [0.25, 0.3) is 0 Å². The van der Waals surface area contributed by atoms with Crippen molar-refractivity contribution in [2.45, 2.75) is 18.8 Å². The van der Waals surface area contributed by atoms with Gasteiger partial charge in [-0.15, -0.1) is 11.3 Å². The summed E-state index contributed by atoms with van der Waals surface area (Å²) in [6.07, 6.45) is 3.39. The van der Waals surface area contributed by atoms with E-state index < -0.39 is 0 Å². The standard InChI is InChI=1S/C19H15ClN2OS/c20-14-6-3-4-12(8-14)9-15-11-21-19(24-15)22-18(23)17-10-13-5-1-2-7-16(13)17/h1-8,11,17H,9-10H2,(H,21,22,23). The minimum Gasteiger partial charge on any atom is -0.301 e. The lowest BCUT2D eigenvalue weighted by molar-refractivity contribution is -0.118. The van der Waals surface area contributed by atoms with E-state index >= 15 is 0 Å². The molecule has 3 nitrogen and oxygen atoms in total. The smallest absolute Gasteiger partial charge is 0.234 e. The molecule has 1 heterocycles. The van der Waals surface area contributed by atoms with Crippen molar-refractivity contribution in [2.24, 2.45) is 0 Å². The number of nitrogens with zero attached hydrogens (tertiary/aromatic N) is 1. The maximum atomic E-state index is 12.4. The zero-order valence-electron chi connectivity index (χ0n) is 12.8. The van der Waals surface area contributed by atoms with E-state index in [4.69, 9.17) is 11.6 Å². The minimum absolute atomic E-state index is 0.0253. The molecule has 2 aromatic carbocycles. The van der Waals surface area contributed by atoms with Gasteiger partial charge in [0.2, 0.25) is 5.91 Å². The molecule has 1 atom stereocenters. The van der Waals surface area contributed by atoms with Gasteiger partial charge in [0.05, 0.1) is 5.92 Å². The first-order valence-electron chi connectivity index (χ1n) is 7.77. The maximum Gasteiger partial charge on any atom is 0.234 e. The number of anilines is 1. The Morgan fingerprint density at radius 1 is 1.25 bits per heavy atom. The first-order chi connectivity index (χ1) is 11.7. The van der Waals surface area contributed by atoms with Crippen molar-refractivity contribution < 1.29 is 4.79 Å². The molecule has 1 aliphatic carbocycles. The van der Waals surface area contributed by atoms with Crippen LogP contribution in [-0.4, -0.2) is 10.9 Å². The number of benzene rings is 2. The van der Waals surface area contributed by atoms with Crippen molar-refractivity contribution in [3.05, 3.63) is 81.3 Å². The van der Waals surface area contributed by atoms with E-state index in [-0.39, 0.29) is 11.8 Å². The fourth-order valence-electron chi connectivity index (χ4n) is 2.98. The first kappa shape index (κ1) is 15.4. The van der Waals surface area contributed by atoms with Gasteiger partial charge in [-0.25, -0.2) is 4.98 Å². The molecule has 0 bridgehead atoms. The lowest BCUT2D eigenvalue weighted by Crippen LogP contribution is -2.30. The summed E-state index contributed by atoms with van der Waals surface area (Å²) in [6, 6.07) is 15.9. The topological polar surface area (TPSA) is 42.0 Å². The van der Waals surface area contributed by atoms with Gasteiger partial charge < -0.3 is 5.32 Å². The van der Waals surface area contributed by atoms with E-state index in [2.05, 4.69) is 16.4 Å². The fourth-order valence-corrected chi connectivity index (χ4v) is 4.04. The number of amides is 1. The molecular formula is C19H15ClN2OS. The van der Waals surface area contributed by atoms with Crippen molar-refractivity contribution in [1.29, 1.82) is 0 Å². The average Bonchev–Trinajstić information content (AvgIpc) is 2.95. The summed E-state index contributed by atoms with van der Waals surface area (Å²) in [5.41, 5.74) is 3.53. The molecule has 4 rings (SSSR count). The summed E-state index contributed by atoms with van der Waals surface area (Å²) in [6.45, 7) is 0. The zero-order valence-corrected chi connectivity index (χ0v) is 14.4. The third-order valence-electron chi connectivity index (χ3n) is 4.22. The van der Waals surface area contributed by atoms with Crippen LogP contribution in [0.25, 0.3) is 0 Å². The Morgan fingerprint density at radius 2 is 2.12 bits per heavy atom. The molecule has 1 aliphatic rings. The number of carbonyl (C=O) groups excluding carboxylic acids is 1. The van der Waals surface area contributed by atoms with Crippen LogP contribution in [0.15, 0.2) is 54.7 Å². The molecule has 1 aromatic heterocycles. The lowest BCUT2D eigenvalue weighted by Gasteiger charge is -2.28. The number of fused-ring (bicyclic) bond motifs is 1. The Hall–Kier alpha value is -2.17. The Kier molecular flexibility index (Phi) is 4.08. The second-order valence-electron chi connectivity index (χ2n) is 5.88. The Labute approximate surface area is 149 Å². The highest BCUT2D eigenvalue weighted by molar-refractivity contribution is 7.15. The average molecular weight is 355 g/mol. The van der Waals surface area contributed by atoms with Crippen LogP contribution in [0.2, 0.25) is 5.02 Å². The number of hydrogen-bond donors (Lipinski definition) is 1. The molecular weight excluding hydrogens is 340 g/mol. The van der Waals surface area contributed by atoms with Gasteiger partial charge in [0, 0.05) is 22.5 Å². The van der Waals surface area contributed by atoms with Crippen LogP contribution >= 0.6 is 22.9 Å². The summed E-state index contributed by atoms with van der Waals surface area (Å²) in [4.78, 5) is 17.8. The van der Waals surface area contributed by atoms with Gasteiger partial charge in [-0.2, -0.15) is 0 Å². The summed E-state index contributed by atoms with van der Waals surface area (Å²) in [5, 5.41) is 4.33. The van der Waals surface area contributed by atoms with E-state index in [0.717, 1.165) is 33.9 Å². The van der Waals surface area contributed by atoms with E-state index in [1.807, 2.05) is 48.7 Å². The van der Waals surface area contributed by atoms with Gasteiger partial charge in [0.15, 0.2) is 5.13 Å². The summed E-state index contributed by atoms with van der Waals surface area (Å²) in [7, 11) is 0. The van der Waals surface area contributed by atoms with E-state index in [1.165, 1.54) is 16.9 Å². The first-order valence-corrected chi connectivity index (χ1v) is 8.96. The molecule has 0 saturated heterocycles. The van der Waals surface area contributed by atoms with Gasteiger partial charge in [0.1, 0.15) is 0 Å². The van der Waals surface area contributed by atoms with Crippen molar-refractivity contribution in [1.82, 2.24) is 4.98 Å². The highest BCUT2D eigenvalue weighted by atomic mass is 35.5. The monoisotopic (exact) mass is 354 g/mol. The molecule has 0 radical (unpaired) electrons. The quantitative estimate of drug-likeness (QED) is 0.740. The van der Waals surface area contributed by atoms with Gasteiger partial charge >= 0.3 is 0 Å². The third kappa shape index (κ3) is 3.07. The lowest BCUT2D eigenvalue weighted by atomic mass is 9.77. The van der Waals surface area contributed by atoms with Crippen LogP contribution in [-0.2, 0) is 17.6 Å². The number of hydrogen-bond acceptors (Lipinski definition) is 3. The van der Waals surface area contributed by atoms with Crippen LogP contribution < -0.4 is 5.32 Å². The summed E-state index contributed by atoms with van der Waals surface area (Å²) >= 11 is 7.52. The second-order valence-corrected chi connectivity index (χ2v) is 7.43. The second kappa shape index (κ2) is 6.38. The molecule has 3 aromatic rings. The fraction of sp³-hybridized carbons (Fsp3) is 0.158. The SMILES string of the molecule is O=C(Nc1ncc(Cc2cccc(Cl)c2)s1)C1Cc2ccccc21. The molecule has 120 valence electrons. The number of carbonyl (C=O) groups is 1. The molecule has 24 heavy (non-hydrogen) atoms. The Morgan fingerprint density at radius 3 is 2.96 bits per heavy atom. The van der Waals surface area contributed by atoms with Crippen molar-refractivity contribution in [3.8, 4) is 0 Å². The summed E-state index contributed by atoms with van der Waals surface area (Å²) < 4.78 is 0. The van der Waals surface area contributed by atoms with E-state index in [0.29, 0.717) is 5.13 Å². The molecule has 1 amide bonds. The highest BCUT2D eigenvalue weighted by Gasteiger charge is 2.32. The molecule has 0 fully saturated rings. The zero-order chi connectivity index (χ0) is 16.5. The normalized spacial score (nSPS) is 15.5. The molecule has 1 N–H and O–H groups in total. The van der Waals surface area contributed by atoms with Gasteiger partial charge in [-0.3, -0.25) is 4.79 Å². The molecule has 0 spiro atoms. The van der Waals surface area contributed by atoms with E-state index in [1.54, 1.807) is 0 Å². The minimum atomic E-state index is -0.0542. The third-order valence-corrected chi connectivity index (χ3v) is 5.37. The van der Waals surface area contributed by atoms with Crippen LogP contribution in [0.5, 0.6) is 0 Å². The van der Waals surface area contributed by atoms with E-state index in [9.17, 15) is 4.79 Å². The van der Waals surface area contributed by atoms with Gasteiger partial charge in [-0.1, -0.05) is 48.0 Å². The maximum absolute atomic E-state index is 12.4. The van der Waals surface area contributed by atoms with Crippen LogP contribution in [0.3, 0.4) is 0 Å². The van der Waals surface area contributed by atoms with Crippen LogP contribution in [0, 0.1) is 0 Å². The van der Waals surface area contributed by atoms with Gasteiger partial charge in [-0.05, 0) is 35.2 Å². The predicted octanol–water partition coefficient (Wildman–Crippen LogP) is 4.67. The molecule has 0 saturated carbocycles. The number of rotatable bonds is 4. The number of nitrogens with one attached hydrogen (secondary N) is 1. The molecule has 5 heteroatoms. The number of thiazole rings is 1. The Bertz CT molecular complexity index is 906. The van der Waals surface area contributed by atoms with Crippen LogP contribution in [0.1, 0.15) is 27.5 Å². The Balaban J connectivity index is 1.42. The number of aromatic nitrogens is 1. The molecule has 0 aliphatic heterocycles. The number of halogens is 1. The summed E-state index contributed by atoms with van der Waals surface area (Å²) in [5.74, 6) is -0.0289. The van der Waals surface area contributed by atoms with Crippen molar-refractivity contribution in [2.75, 3.05) is 5.32 Å². The van der Waals surface area contributed by atoms with Crippen molar-refractivity contribution >= 4 is 34.0 Å². The largest absolute Gasteiger partial charge is 0.301 e. The van der Waals surface area contributed by atoms with Crippen LogP contribution in [0.4, 0.5) is 5.13 Å². The predicted molar refractivity (Wildman–Crippen MR) is 97.9 cm³/mol. The highest BCUT2D eigenvalue weighted by Crippen LogP contribution is 2.36.